The molecule has 0 spiro atoms. The van der Waals surface area contributed by atoms with Crippen LogP contribution < -0.4 is 4.74 Å². The topological polar surface area (TPSA) is 9.23 Å². The highest BCUT2D eigenvalue weighted by Crippen LogP contribution is 2.37. The second-order valence-corrected chi connectivity index (χ2v) is 3.76. The van der Waals surface area contributed by atoms with Crippen molar-refractivity contribution in [3.63, 3.8) is 0 Å². The lowest BCUT2D eigenvalue weighted by molar-refractivity contribution is 0.304. The van der Waals surface area contributed by atoms with Crippen LogP contribution in [0.5, 0.6) is 5.75 Å². The first-order chi connectivity index (χ1) is 9.07. The first-order valence-corrected chi connectivity index (χ1v) is 5.62. The SMILES string of the molecule is CCOc1c(F)c(F)c(F)c(F)c1-c1ccccc1. The molecule has 1 nitrogen and oxygen atoms in total. The molecule has 0 atom stereocenters. The Kier molecular flexibility index (Phi) is 3.74. The van der Waals surface area contributed by atoms with E-state index in [9.17, 15) is 17.6 Å². The van der Waals surface area contributed by atoms with Crippen molar-refractivity contribution in [3.05, 3.63) is 53.6 Å². The summed E-state index contributed by atoms with van der Waals surface area (Å²) in [7, 11) is 0. The molecule has 2 rings (SSSR count). The number of ether oxygens (including phenoxy) is 1. The van der Waals surface area contributed by atoms with Gasteiger partial charge in [-0.3, -0.25) is 0 Å². The second kappa shape index (κ2) is 5.30. The van der Waals surface area contributed by atoms with Crippen LogP contribution in [0.25, 0.3) is 11.1 Å². The van der Waals surface area contributed by atoms with Gasteiger partial charge in [0.2, 0.25) is 11.6 Å². The molecule has 19 heavy (non-hydrogen) atoms. The van der Waals surface area contributed by atoms with E-state index in [4.69, 9.17) is 4.74 Å². The quantitative estimate of drug-likeness (QED) is 0.459. The molecule has 0 radical (unpaired) electrons. The van der Waals surface area contributed by atoms with Crippen molar-refractivity contribution < 1.29 is 22.3 Å². The average Bonchev–Trinajstić information content (AvgIpc) is 2.44. The Balaban J connectivity index is 2.78. The fourth-order valence-electron chi connectivity index (χ4n) is 1.75. The van der Waals surface area contributed by atoms with Gasteiger partial charge in [-0.25, -0.2) is 13.2 Å². The van der Waals surface area contributed by atoms with Crippen LogP contribution in [-0.4, -0.2) is 6.61 Å². The highest BCUT2D eigenvalue weighted by atomic mass is 19.2. The normalized spacial score (nSPS) is 10.6. The van der Waals surface area contributed by atoms with E-state index >= 15 is 0 Å². The minimum atomic E-state index is -1.87. The van der Waals surface area contributed by atoms with Gasteiger partial charge in [-0.1, -0.05) is 30.3 Å². The van der Waals surface area contributed by atoms with Crippen LogP contribution >= 0.6 is 0 Å². The van der Waals surface area contributed by atoms with Crippen LogP contribution in [0.4, 0.5) is 17.6 Å². The number of halogens is 4. The zero-order valence-corrected chi connectivity index (χ0v) is 10.0. The van der Waals surface area contributed by atoms with E-state index in [1.807, 2.05) is 0 Å². The maximum absolute atomic E-state index is 13.9. The number of benzene rings is 2. The largest absolute Gasteiger partial charge is 0.490 e. The average molecular weight is 270 g/mol. The van der Waals surface area contributed by atoms with E-state index in [-0.39, 0.29) is 12.2 Å². The fourth-order valence-corrected chi connectivity index (χ4v) is 1.75. The number of hydrogen-bond acceptors (Lipinski definition) is 1. The standard InChI is InChI=1S/C14H10F4O/c1-2-19-14-9(8-6-4-3-5-7-8)10(15)11(16)12(17)13(14)18/h3-7H,2H2,1H3. The molecular weight excluding hydrogens is 260 g/mol. The summed E-state index contributed by atoms with van der Waals surface area (Å²) in [5.41, 5.74) is -0.208. The molecule has 0 fully saturated rings. The summed E-state index contributed by atoms with van der Waals surface area (Å²) in [4.78, 5) is 0. The summed E-state index contributed by atoms with van der Waals surface area (Å²) in [5.74, 6) is -7.33. The van der Waals surface area contributed by atoms with Gasteiger partial charge in [-0.2, -0.15) is 4.39 Å². The first-order valence-electron chi connectivity index (χ1n) is 5.62. The molecule has 5 heteroatoms. The fraction of sp³-hybridized carbons (Fsp3) is 0.143. The van der Waals surface area contributed by atoms with Crippen molar-refractivity contribution in [3.8, 4) is 16.9 Å². The van der Waals surface area contributed by atoms with E-state index in [0.29, 0.717) is 0 Å². The monoisotopic (exact) mass is 270 g/mol. The van der Waals surface area contributed by atoms with Crippen LogP contribution in [0.3, 0.4) is 0 Å². The Morgan fingerprint density at radius 3 is 2.00 bits per heavy atom. The van der Waals surface area contributed by atoms with Gasteiger partial charge < -0.3 is 4.74 Å². The van der Waals surface area contributed by atoms with Gasteiger partial charge in [0.25, 0.3) is 0 Å². The molecule has 0 unspecified atom stereocenters. The molecule has 0 aliphatic heterocycles. The zero-order chi connectivity index (χ0) is 14.0. The van der Waals surface area contributed by atoms with Crippen LogP contribution in [0.15, 0.2) is 30.3 Å². The van der Waals surface area contributed by atoms with E-state index in [1.165, 1.54) is 19.1 Å². The summed E-state index contributed by atoms with van der Waals surface area (Å²) in [6, 6.07) is 7.72. The van der Waals surface area contributed by atoms with Crippen LogP contribution in [0.1, 0.15) is 6.92 Å². The van der Waals surface area contributed by atoms with Crippen molar-refractivity contribution in [1.82, 2.24) is 0 Å². The lowest BCUT2D eigenvalue weighted by atomic mass is 10.0. The minimum absolute atomic E-state index is 0.00126. The third-order valence-corrected chi connectivity index (χ3v) is 2.58. The predicted octanol–water partition coefficient (Wildman–Crippen LogP) is 4.31. The van der Waals surface area contributed by atoms with Crippen molar-refractivity contribution in [2.75, 3.05) is 6.61 Å². The van der Waals surface area contributed by atoms with E-state index in [0.717, 1.165) is 0 Å². The van der Waals surface area contributed by atoms with Gasteiger partial charge >= 0.3 is 0 Å². The zero-order valence-electron chi connectivity index (χ0n) is 10.0. The molecule has 0 saturated heterocycles. The molecule has 2 aromatic carbocycles. The van der Waals surface area contributed by atoms with E-state index in [2.05, 4.69) is 0 Å². The number of hydrogen-bond donors (Lipinski definition) is 0. The van der Waals surface area contributed by atoms with Gasteiger partial charge in [0.15, 0.2) is 17.4 Å². The van der Waals surface area contributed by atoms with Gasteiger partial charge in [0.1, 0.15) is 0 Å². The van der Waals surface area contributed by atoms with Crippen molar-refractivity contribution in [2.24, 2.45) is 0 Å². The highest BCUT2D eigenvalue weighted by Gasteiger charge is 2.27. The maximum Gasteiger partial charge on any atom is 0.204 e. The third-order valence-electron chi connectivity index (χ3n) is 2.58. The second-order valence-electron chi connectivity index (χ2n) is 3.76. The Hall–Kier alpha value is -2.04. The lowest BCUT2D eigenvalue weighted by Gasteiger charge is -2.13. The molecule has 100 valence electrons. The molecule has 0 aliphatic carbocycles. The van der Waals surface area contributed by atoms with E-state index < -0.39 is 34.6 Å². The van der Waals surface area contributed by atoms with Gasteiger partial charge in [-0.05, 0) is 12.5 Å². The molecular formula is C14H10F4O. The van der Waals surface area contributed by atoms with Gasteiger partial charge in [0, 0.05) is 0 Å². The highest BCUT2D eigenvalue weighted by molar-refractivity contribution is 5.71. The van der Waals surface area contributed by atoms with Crippen molar-refractivity contribution in [2.45, 2.75) is 6.92 Å². The van der Waals surface area contributed by atoms with Crippen molar-refractivity contribution >= 4 is 0 Å². The molecule has 2 aromatic rings. The summed E-state index contributed by atoms with van der Waals surface area (Å²) in [6.07, 6.45) is 0. The Bertz CT molecular complexity index is 596. The summed E-state index contributed by atoms with van der Waals surface area (Å²) in [6.45, 7) is 1.54. The third kappa shape index (κ3) is 2.28. The predicted molar refractivity (Wildman–Crippen MR) is 62.9 cm³/mol. The first kappa shape index (κ1) is 13.4. The Morgan fingerprint density at radius 1 is 0.842 bits per heavy atom. The summed E-state index contributed by atoms with van der Waals surface area (Å²) < 4.78 is 59.0. The molecule has 0 saturated carbocycles. The van der Waals surface area contributed by atoms with Gasteiger partial charge in [0.05, 0.1) is 12.2 Å². The Labute approximate surface area is 107 Å². The lowest BCUT2D eigenvalue weighted by Crippen LogP contribution is -2.05. The van der Waals surface area contributed by atoms with Crippen LogP contribution in [0.2, 0.25) is 0 Å². The van der Waals surface area contributed by atoms with Crippen LogP contribution in [0, 0.1) is 23.3 Å². The maximum atomic E-state index is 13.9. The molecule has 0 aromatic heterocycles. The minimum Gasteiger partial charge on any atom is -0.490 e. The molecule has 0 bridgehead atoms. The van der Waals surface area contributed by atoms with Crippen molar-refractivity contribution in [1.29, 1.82) is 0 Å². The summed E-state index contributed by atoms with van der Waals surface area (Å²) in [5, 5.41) is 0. The molecule has 0 aliphatic rings. The smallest absolute Gasteiger partial charge is 0.204 e. The molecule has 0 N–H and O–H groups in total. The number of rotatable bonds is 3. The molecule has 0 heterocycles. The van der Waals surface area contributed by atoms with Gasteiger partial charge in [-0.15, -0.1) is 0 Å². The molecule has 0 amide bonds. The van der Waals surface area contributed by atoms with Crippen LogP contribution in [-0.2, 0) is 0 Å². The van der Waals surface area contributed by atoms with E-state index in [1.54, 1.807) is 18.2 Å². The summed E-state index contributed by atoms with van der Waals surface area (Å²) >= 11 is 0. The Morgan fingerprint density at radius 2 is 1.42 bits per heavy atom.